The smallest absolute Gasteiger partial charge is 0.246 e. The van der Waals surface area contributed by atoms with Crippen LogP contribution in [0.2, 0.25) is 0 Å². The number of hydrogen-bond acceptors (Lipinski definition) is 3. The standard InChI is InChI=1S/C16H21N3O/c1-3-18-8-7-13-12(9-18)11-5-4-6-14-16(11)19(13)10-15(20)17(14)2/h4-6,12-13H,3,7-10H2,1-2H3. The first-order valence-corrected chi connectivity index (χ1v) is 7.59. The molecule has 3 aliphatic heterocycles. The van der Waals surface area contributed by atoms with Gasteiger partial charge in [0.25, 0.3) is 0 Å². The molecule has 4 heteroatoms. The van der Waals surface area contributed by atoms with Gasteiger partial charge in [0.05, 0.1) is 17.9 Å². The number of amides is 1. The van der Waals surface area contributed by atoms with Gasteiger partial charge < -0.3 is 14.7 Å². The van der Waals surface area contributed by atoms with Crippen molar-refractivity contribution in [3.63, 3.8) is 0 Å². The second-order valence-corrected chi connectivity index (χ2v) is 6.15. The highest BCUT2D eigenvalue weighted by molar-refractivity contribution is 6.04. The number of anilines is 2. The van der Waals surface area contributed by atoms with Gasteiger partial charge in [0.1, 0.15) is 0 Å². The van der Waals surface area contributed by atoms with E-state index in [1.807, 2.05) is 11.9 Å². The van der Waals surface area contributed by atoms with Gasteiger partial charge >= 0.3 is 0 Å². The van der Waals surface area contributed by atoms with E-state index in [1.165, 1.54) is 17.7 Å². The summed E-state index contributed by atoms with van der Waals surface area (Å²) in [4.78, 5) is 19.0. The van der Waals surface area contributed by atoms with Crippen LogP contribution in [0, 0.1) is 0 Å². The molecule has 1 fully saturated rings. The molecule has 0 aliphatic carbocycles. The Balaban J connectivity index is 1.82. The first-order chi connectivity index (χ1) is 9.70. The molecule has 1 saturated heterocycles. The first-order valence-electron chi connectivity index (χ1n) is 7.59. The minimum Gasteiger partial charge on any atom is -0.357 e. The van der Waals surface area contributed by atoms with Crippen LogP contribution in [0.25, 0.3) is 0 Å². The van der Waals surface area contributed by atoms with Crippen molar-refractivity contribution in [2.75, 3.05) is 43.0 Å². The fourth-order valence-electron chi connectivity index (χ4n) is 4.15. The molecule has 1 aromatic rings. The number of fused-ring (bicyclic) bond motifs is 3. The Hall–Kier alpha value is -1.55. The van der Waals surface area contributed by atoms with E-state index in [-0.39, 0.29) is 5.91 Å². The molecular weight excluding hydrogens is 250 g/mol. The molecule has 2 atom stereocenters. The molecule has 4 rings (SSSR count). The van der Waals surface area contributed by atoms with E-state index in [0.29, 0.717) is 18.5 Å². The number of para-hydroxylation sites is 1. The van der Waals surface area contributed by atoms with E-state index in [0.717, 1.165) is 25.3 Å². The summed E-state index contributed by atoms with van der Waals surface area (Å²) >= 11 is 0. The normalized spacial score (nSPS) is 28.6. The summed E-state index contributed by atoms with van der Waals surface area (Å²) in [6.45, 7) is 6.19. The monoisotopic (exact) mass is 271 g/mol. The summed E-state index contributed by atoms with van der Waals surface area (Å²) in [5, 5.41) is 0. The van der Waals surface area contributed by atoms with Crippen molar-refractivity contribution in [2.24, 2.45) is 0 Å². The van der Waals surface area contributed by atoms with Crippen LogP contribution in [-0.4, -0.2) is 50.1 Å². The van der Waals surface area contributed by atoms with E-state index in [2.05, 4.69) is 34.9 Å². The average Bonchev–Trinajstić information content (AvgIpc) is 2.79. The van der Waals surface area contributed by atoms with Gasteiger partial charge in [-0.2, -0.15) is 0 Å². The second-order valence-electron chi connectivity index (χ2n) is 6.15. The molecular formula is C16H21N3O. The van der Waals surface area contributed by atoms with Gasteiger partial charge in [-0.3, -0.25) is 4.79 Å². The van der Waals surface area contributed by atoms with E-state index in [1.54, 1.807) is 0 Å². The summed E-state index contributed by atoms with van der Waals surface area (Å²) < 4.78 is 0. The highest BCUT2D eigenvalue weighted by atomic mass is 16.2. The molecule has 0 bridgehead atoms. The second kappa shape index (κ2) is 4.22. The lowest BCUT2D eigenvalue weighted by molar-refractivity contribution is -0.117. The van der Waals surface area contributed by atoms with E-state index in [4.69, 9.17) is 0 Å². The Bertz CT molecular complexity index is 571. The molecule has 106 valence electrons. The van der Waals surface area contributed by atoms with Crippen molar-refractivity contribution in [2.45, 2.75) is 25.3 Å². The van der Waals surface area contributed by atoms with Gasteiger partial charge in [-0.1, -0.05) is 19.1 Å². The van der Waals surface area contributed by atoms with Crippen LogP contribution in [0.15, 0.2) is 18.2 Å². The SMILES string of the molecule is CCN1CCC2C(C1)c1cccc3c1N2CC(=O)N3C. The number of benzene rings is 1. The van der Waals surface area contributed by atoms with Crippen molar-refractivity contribution in [1.29, 1.82) is 0 Å². The maximum atomic E-state index is 12.2. The molecule has 2 unspecified atom stereocenters. The summed E-state index contributed by atoms with van der Waals surface area (Å²) in [5.41, 5.74) is 3.86. The summed E-state index contributed by atoms with van der Waals surface area (Å²) in [6, 6.07) is 6.97. The van der Waals surface area contributed by atoms with Crippen molar-refractivity contribution in [1.82, 2.24) is 4.90 Å². The highest BCUT2D eigenvalue weighted by Gasteiger charge is 2.45. The van der Waals surface area contributed by atoms with E-state index < -0.39 is 0 Å². The number of likely N-dealkylation sites (tertiary alicyclic amines) is 1. The molecule has 4 nitrogen and oxygen atoms in total. The fraction of sp³-hybridized carbons (Fsp3) is 0.562. The number of likely N-dealkylation sites (N-methyl/N-ethyl adjacent to an activating group) is 2. The predicted molar refractivity (Wildman–Crippen MR) is 80.5 cm³/mol. The molecule has 0 saturated carbocycles. The van der Waals surface area contributed by atoms with Crippen LogP contribution in [-0.2, 0) is 4.79 Å². The van der Waals surface area contributed by atoms with Crippen molar-refractivity contribution >= 4 is 17.3 Å². The Kier molecular flexibility index (Phi) is 2.58. The Labute approximate surface area is 120 Å². The minimum atomic E-state index is 0.216. The lowest BCUT2D eigenvalue weighted by Gasteiger charge is -2.40. The van der Waals surface area contributed by atoms with Gasteiger partial charge in [-0.15, -0.1) is 0 Å². The van der Waals surface area contributed by atoms with Gasteiger partial charge in [0, 0.05) is 32.1 Å². The number of carbonyl (C=O) groups is 1. The van der Waals surface area contributed by atoms with Crippen molar-refractivity contribution in [3.8, 4) is 0 Å². The van der Waals surface area contributed by atoms with Crippen molar-refractivity contribution < 1.29 is 4.79 Å². The highest BCUT2D eigenvalue weighted by Crippen LogP contribution is 2.50. The molecule has 3 heterocycles. The number of piperidine rings is 1. The number of nitrogens with zero attached hydrogens (tertiary/aromatic N) is 3. The van der Waals surface area contributed by atoms with E-state index >= 15 is 0 Å². The third kappa shape index (κ3) is 1.48. The predicted octanol–water partition coefficient (Wildman–Crippen LogP) is 1.66. The zero-order chi connectivity index (χ0) is 13.9. The summed E-state index contributed by atoms with van der Waals surface area (Å²) in [5.74, 6) is 0.783. The van der Waals surface area contributed by atoms with Gasteiger partial charge in [-0.05, 0) is 24.6 Å². The van der Waals surface area contributed by atoms with Crippen LogP contribution in [0.1, 0.15) is 24.8 Å². The van der Waals surface area contributed by atoms with Crippen LogP contribution in [0.5, 0.6) is 0 Å². The van der Waals surface area contributed by atoms with Crippen LogP contribution < -0.4 is 9.80 Å². The zero-order valence-electron chi connectivity index (χ0n) is 12.2. The lowest BCUT2D eigenvalue weighted by atomic mass is 9.89. The lowest BCUT2D eigenvalue weighted by Crippen LogP contribution is -2.51. The van der Waals surface area contributed by atoms with Crippen LogP contribution in [0.3, 0.4) is 0 Å². The fourth-order valence-corrected chi connectivity index (χ4v) is 4.15. The molecule has 20 heavy (non-hydrogen) atoms. The third-order valence-electron chi connectivity index (χ3n) is 5.28. The maximum Gasteiger partial charge on any atom is 0.246 e. The molecule has 0 radical (unpaired) electrons. The summed E-state index contributed by atoms with van der Waals surface area (Å²) in [7, 11) is 1.90. The third-order valence-corrected chi connectivity index (χ3v) is 5.28. The minimum absolute atomic E-state index is 0.216. The largest absolute Gasteiger partial charge is 0.357 e. The quantitative estimate of drug-likeness (QED) is 0.777. The average molecular weight is 271 g/mol. The first kappa shape index (κ1) is 12.2. The zero-order valence-corrected chi connectivity index (χ0v) is 12.2. The van der Waals surface area contributed by atoms with Crippen LogP contribution >= 0.6 is 0 Å². The Morgan fingerprint density at radius 1 is 1.35 bits per heavy atom. The van der Waals surface area contributed by atoms with Crippen LogP contribution in [0.4, 0.5) is 11.4 Å². The Morgan fingerprint density at radius 2 is 2.20 bits per heavy atom. The maximum absolute atomic E-state index is 12.2. The summed E-state index contributed by atoms with van der Waals surface area (Å²) in [6.07, 6.45) is 1.17. The Morgan fingerprint density at radius 3 is 3.00 bits per heavy atom. The molecule has 0 aromatic heterocycles. The molecule has 3 aliphatic rings. The van der Waals surface area contributed by atoms with Crippen molar-refractivity contribution in [3.05, 3.63) is 23.8 Å². The number of hydrogen-bond donors (Lipinski definition) is 0. The van der Waals surface area contributed by atoms with E-state index in [9.17, 15) is 4.79 Å². The molecule has 1 amide bonds. The van der Waals surface area contributed by atoms with Gasteiger partial charge in [0.15, 0.2) is 0 Å². The van der Waals surface area contributed by atoms with Gasteiger partial charge in [0.2, 0.25) is 5.91 Å². The topological polar surface area (TPSA) is 26.8 Å². The molecule has 1 aromatic carbocycles. The number of rotatable bonds is 1. The number of carbonyl (C=O) groups excluding carboxylic acids is 1. The van der Waals surface area contributed by atoms with Gasteiger partial charge in [-0.25, -0.2) is 0 Å². The molecule has 0 N–H and O–H groups in total. The molecule has 0 spiro atoms.